The van der Waals surface area contributed by atoms with E-state index in [-0.39, 0.29) is 22.7 Å². The van der Waals surface area contributed by atoms with Gasteiger partial charge in [0.1, 0.15) is 5.52 Å². The van der Waals surface area contributed by atoms with Gasteiger partial charge in [0.05, 0.1) is 17.3 Å². The molecule has 9 heteroatoms. The Hall–Kier alpha value is -2.91. The van der Waals surface area contributed by atoms with E-state index >= 15 is 0 Å². The maximum Gasteiger partial charge on any atom is 0.416 e. The Morgan fingerprint density at radius 3 is 2.58 bits per heavy atom. The largest absolute Gasteiger partial charge is 0.423 e. The molecule has 0 fully saturated rings. The maximum atomic E-state index is 13.1. The Morgan fingerprint density at radius 2 is 1.86 bits per heavy atom. The number of fused-ring (bicyclic) bond motifs is 4. The van der Waals surface area contributed by atoms with Crippen LogP contribution in [0.1, 0.15) is 43.9 Å². The fraction of sp³-hybridized carbons (Fsp3) is 0.407. The first-order valence-electron chi connectivity index (χ1n) is 12.1. The van der Waals surface area contributed by atoms with Gasteiger partial charge in [-0.2, -0.15) is 18.2 Å². The van der Waals surface area contributed by atoms with E-state index in [4.69, 9.17) is 8.84 Å². The third-order valence-electron chi connectivity index (χ3n) is 7.50. The van der Waals surface area contributed by atoms with Crippen molar-refractivity contribution in [3.05, 3.63) is 59.3 Å². The van der Waals surface area contributed by atoms with Crippen molar-refractivity contribution in [2.24, 2.45) is 0 Å². The summed E-state index contributed by atoms with van der Waals surface area (Å²) in [5.41, 5.74) is 3.71. The summed E-state index contributed by atoms with van der Waals surface area (Å²) in [6.07, 6.45) is -0.110. The molecule has 0 saturated carbocycles. The summed E-state index contributed by atoms with van der Waals surface area (Å²) in [4.78, 5) is 8.68. The van der Waals surface area contributed by atoms with Gasteiger partial charge in [0, 0.05) is 17.2 Å². The van der Waals surface area contributed by atoms with Crippen molar-refractivity contribution in [2.75, 3.05) is 5.32 Å². The summed E-state index contributed by atoms with van der Waals surface area (Å²) in [6.45, 7) is 11.3. The Kier molecular flexibility index (Phi) is 5.91. The average molecular weight is 514 g/mol. The van der Waals surface area contributed by atoms with Gasteiger partial charge in [-0.15, -0.1) is 0 Å². The zero-order valence-corrected chi connectivity index (χ0v) is 22.1. The number of alkyl halides is 3. The highest BCUT2D eigenvalue weighted by Crippen LogP contribution is 2.40. The number of hydrogen-bond acceptors (Lipinski definition) is 5. The van der Waals surface area contributed by atoms with Gasteiger partial charge in [0.15, 0.2) is 13.9 Å². The number of nitrogens with one attached hydrogen (secondary N) is 1. The first-order chi connectivity index (χ1) is 16.8. The van der Waals surface area contributed by atoms with Crippen LogP contribution < -0.4 is 5.32 Å². The van der Waals surface area contributed by atoms with E-state index in [0.717, 1.165) is 37.1 Å². The monoisotopic (exact) mass is 513 g/mol. The van der Waals surface area contributed by atoms with E-state index in [1.807, 2.05) is 12.1 Å². The highest BCUT2D eigenvalue weighted by molar-refractivity contribution is 6.74. The third kappa shape index (κ3) is 4.62. The van der Waals surface area contributed by atoms with E-state index in [9.17, 15) is 13.2 Å². The Morgan fingerprint density at radius 1 is 1.08 bits per heavy atom. The predicted octanol–water partition coefficient (Wildman–Crippen LogP) is 8.02. The van der Waals surface area contributed by atoms with Crippen LogP contribution in [0.2, 0.25) is 18.1 Å². The number of oxazole rings is 1. The molecule has 1 aliphatic carbocycles. The highest BCUT2D eigenvalue weighted by Gasteiger charge is 2.40. The molecule has 2 aromatic heterocycles. The zero-order chi connectivity index (χ0) is 25.9. The van der Waals surface area contributed by atoms with Crippen LogP contribution in [0.5, 0.6) is 0 Å². The molecule has 1 atom stereocenters. The highest BCUT2D eigenvalue weighted by atomic mass is 28.4. The third-order valence-corrected chi connectivity index (χ3v) is 12.0. The number of aryl methyl sites for hydroxylation is 1. The number of nitrogens with zero attached hydrogens (tertiary/aromatic N) is 2. The maximum absolute atomic E-state index is 13.1. The van der Waals surface area contributed by atoms with Gasteiger partial charge in [0.25, 0.3) is 6.01 Å². The van der Waals surface area contributed by atoms with E-state index < -0.39 is 20.1 Å². The van der Waals surface area contributed by atoms with Crippen LogP contribution in [0.3, 0.4) is 0 Å². The van der Waals surface area contributed by atoms with Gasteiger partial charge < -0.3 is 14.2 Å². The van der Waals surface area contributed by atoms with Crippen molar-refractivity contribution in [1.82, 2.24) is 9.97 Å². The molecule has 1 aliphatic rings. The van der Waals surface area contributed by atoms with E-state index in [1.54, 1.807) is 0 Å². The van der Waals surface area contributed by atoms with Crippen LogP contribution in [0.4, 0.5) is 24.9 Å². The molecule has 0 radical (unpaired) electrons. The van der Waals surface area contributed by atoms with Gasteiger partial charge in [-0.25, -0.2) is 0 Å². The molecular formula is C27H30F3N3O2Si. The summed E-state index contributed by atoms with van der Waals surface area (Å²) in [6, 6.07) is 9.87. The van der Waals surface area contributed by atoms with Gasteiger partial charge in [-0.3, -0.25) is 4.98 Å². The number of aromatic nitrogens is 2. The van der Waals surface area contributed by atoms with Crippen molar-refractivity contribution in [3.8, 4) is 0 Å². The summed E-state index contributed by atoms with van der Waals surface area (Å²) >= 11 is 0. The molecule has 0 saturated heterocycles. The fourth-order valence-corrected chi connectivity index (χ4v) is 5.87. The predicted molar refractivity (Wildman–Crippen MR) is 138 cm³/mol. The lowest BCUT2D eigenvalue weighted by atomic mass is 9.88. The first kappa shape index (κ1) is 24.8. The standard InChI is InChI=1S/C27H30F3N3O2Si/c1-26(2,3)36(4,5)35-18-11-9-16-7-6-8-21(20(16)14-18)32-25-33-23-15-31-22-13-17(27(28,29)30)10-12-19(22)24(23)34-25/h6-8,10,12-13,15,18H,9,11,14H2,1-5H3,(H,32,33)/t18-/m0/s1. The van der Waals surface area contributed by atoms with Crippen LogP contribution in [-0.4, -0.2) is 24.4 Å². The van der Waals surface area contributed by atoms with Gasteiger partial charge in [0.2, 0.25) is 0 Å². The first-order valence-corrected chi connectivity index (χ1v) is 15.0. The molecule has 190 valence electrons. The quantitative estimate of drug-likeness (QED) is 0.280. The van der Waals surface area contributed by atoms with Crippen molar-refractivity contribution in [2.45, 2.75) is 70.4 Å². The molecule has 0 unspecified atom stereocenters. The number of anilines is 2. The number of pyridine rings is 1. The number of benzene rings is 2. The molecule has 2 heterocycles. The van der Waals surface area contributed by atoms with Crippen molar-refractivity contribution < 1.29 is 22.0 Å². The van der Waals surface area contributed by atoms with Crippen LogP contribution in [-0.2, 0) is 23.4 Å². The molecule has 0 aliphatic heterocycles. The fourth-order valence-electron chi connectivity index (χ4n) is 4.49. The number of halogens is 3. The summed E-state index contributed by atoms with van der Waals surface area (Å²) in [5, 5.41) is 3.93. The minimum absolute atomic E-state index is 0.140. The normalized spacial score (nSPS) is 16.9. The van der Waals surface area contributed by atoms with E-state index in [0.29, 0.717) is 16.5 Å². The molecule has 36 heavy (non-hydrogen) atoms. The zero-order valence-electron chi connectivity index (χ0n) is 21.1. The second kappa shape index (κ2) is 8.59. The number of hydrogen-bond donors (Lipinski definition) is 1. The van der Waals surface area contributed by atoms with Crippen molar-refractivity contribution in [1.29, 1.82) is 0 Å². The molecule has 2 aromatic carbocycles. The lowest BCUT2D eigenvalue weighted by Crippen LogP contribution is -2.45. The van der Waals surface area contributed by atoms with Crippen LogP contribution in [0, 0.1) is 0 Å². The molecule has 1 N–H and O–H groups in total. The Balaban J connectivity index is 1.44. The van der Waals surface area contributed by atoms with Gasteiger partial charge >= 0.3 is 6.18 Å². The molecule has 0 spiro atoms. The Bertz CT molecular complexity index is 1440. The van der Waals surface area contributed by atoms with Gasteiger partial charge in [-0.05, 0) is 72.8 Å². The van der Waals surface area contributed by atoms with Gasteiger partial charge in [-0.1, -0.05) is 32.9 Å². The molecule has 5 rings (SSSR count). The van der Waals surface area contributed by atoms with Crippen LogP contribution in [0.15, 0.2) is 47.0 Å². The second-order valence-electron chi connectivity index (χ2n) is 11.0. The van der Waals surface area contributed by atoms with Crippen LogP contribution in [0.25, 0.3) is 22.0 Å². The summed E-state index contributed by atoms with van der Waals surface area (Å²) in [7, 11) is -1.90. The van der Waals surface area contributed by atoms with Crippen LogP contribution >= 0.6 is 0 Å². The topological polar surface area (TPSA) is 60.2 Å². The lowest BCUT2D eigenvalue weighted by Gasteiger charge is -2.40. The molecule has 4 aromatic rings. The average Bonchev–Trinajstić information content (AvgIpc) is 3.20. The van der Waals surface area contributed by atoms with Crippen molar-refractivity contribution in [3.63, 3.8) is 0 Å². The van der Waals surface area contributed by atoms with E-state index in [2.05, 4.69) is 55.2 Å². The summed E-state index contributed by atoms with van der Waals surface area (Å²) < 4.78 is 52.0. The number of rotatable bonds is 4. The second-order valence-corrected chi connectivity index (χ2v) is 15.8. The molecule has 0 bridgehead atoms. The lowest BCUT2D eigenvalue weighted by molar-refractivity contribution is -0.137. The smallest absolute Gasteiger partial charge is 0.416 e. The summed E-state index contributed by atoms with van der Waals surface area (Å²) in [5.74, 6) is 0. The minimum Gasteiger partial charge on any atom is -0.423 e. The Labute approximate surface area is 209 Å². The molecule has 0 amide bonds. The SMILES string of the molecule is CC(C)(C)[Si](C)(C)O[C@H]1CCc2cccc(Nc3nc4cnc5cc(C(F)(F)F)ccc5c4o3)c2C1. The molecular weight excluding hydrogens is 483 g/mol. The van der Waals surface area contributed by atoms with Crippen molar-refractivity contribution >= 4 is 42.0 Å². The minimum atomic E-state index is -4.43. The van der Waals surface area contributed by atoms with E-state index in [1.165, 1.54) is 23.4 Å². The molecule has 5 nitrogen and oxygen atoms in total.